The van der Waals surface area contributed by atoms with Gasteiger partial charge in [0, 0.05) is 32.2 Å². The lowest BCUT2D eigenvalue weighted by molar-refractivity contribution is 0.00656. The Hall–Kier alpha value is -0.190. The van der Waals surface area contributed by atoms with Crippen molar-refractivity contribution in [3.8, 4) is 0 Å². The van der Waals surface area contributed by atoms with Crippen molar-refractivity contribution < 1.29 is 4.74 Å². The Morgan fingerprint density at radius 2 is 2.13 bits per heavy atom. The van der Waals surface area contributed by atoms with Crippen LogP contribution in [0.2, 0.25) is 0 Å². The van der Waals surface area contributed by atoms with Crippen LogP contribution >= 0.6 is 12.2 Å². The van der Waals surface area contributed by atoms with Crippen LogP contribution in [-0.2, 0) is 4.74 Å². The fourth-order valence-corrected chi connectivity index (χ4v) is 2.38. The van der Waals surface area contributed by atoms with Gasteiger partial charge in [-0.05, 0) is 26.7 Å². The van der Waals surface area contributed by atoms with Crippen molar-refractivity contribution in [1.82, 2.24) is 4.90 Å². The summed E-state index contributed by atoms with van der Waals surface area (Å²) >= 11 is 4.93. The van der Waals surface area contributed by atoms with Crippen molar-refractivity contribution >= 4 is 17.2 Å². The number of hydrogen-bond donors (Lipinski definition) is 1. The van der Waals surface area contributed by atoms with Gasteiger partial charge in [0.2, 0.25) is 0 Å². The highest BCUT2D eigenvalue weighted by Crippen LogP contribution is 2.17. The molecule has 1 aliphatic heterocycles. The molecule has 0 spiro atoms. The second-order valence-corrected chi connectivity index (χ2v) is 4.73. The lowest BCUT2D eigenvalue weighted by Crippen LogP contribution is -2.43. The molecule has 0 aromatic rings. The molecule has 0 aliphatic carbocycles. The van der Waals surface area contributed by atoms with E-state index in [2.05, 4.69) is 18.7 Å². The van der Waals surface area contributed by atoms with E-state index in [1.807, 2.05) is 0 Å². The zero-order valence-corrected chi connectivity index (χ0v) is 10.6. The van der Waals surface area contributed by atoms with Crippen molar-refractivity contribution in [3.05, 3.63) is 0 Å². The van der Waals surface area contributed by atoms with Crippen molar-refractivity contribution in [3.63, 3.8) is 0 Å². The lowest BCUT2D eigenvalue weighted by Gasteiger charge is -2.35. The van der Waals surface area contributed by atoms with E-state index in [-0.39, 0.29) is 0 Å². The van der Waals surface area contributed by atoms with E-state index in [0.29, 0.717) is 17.1 Å². The van der Waals surface area contributed by atoms with Crippen molar-refractivity contribution in [1.29, 1.82) is 0 Å². The highest BCUT2D eigenvalue weighted by Gasteiger charge is 2.22. The number of hydrogen-bond acceptors (Lipinski definition) is 3. The Morgan fingerprint density at radius 3 is 2.60 bits per heavy atom. The van der Waals surface area contributed by atoms with Gasteiger partial charge in [-0.2, -0.15) is 0 Å². The van der Waals surface area contributed by atoms with Gasteiger partial charge in [-0.15, -0.1) is 0 Å². The van der Waals surface area contributed by atoms with Crippen LogP contribution in [0.15, 0.2) is 0 Å². The average Bonchev–Trinajstić information content (AvgIpc) is 2.18. The molecule has 0 aromatic heterocycles. The summed E-state index contributed by atoms with van der Waals surface area (Å²) in [6.45, 7) is 7.29. The van der Waals surface area contributed by atoms with Gasteiger partial charge < -0.3 is 15.4 Å². The highest BCUT2D eigenvalue weighted by atomic mass is 32.1. The van der Waals surface area contributed by atoms with Crippen LogP contribution in [0.3, 0.4) is 0 Å². The van der Waals surface area contributed by atoms with Crippen LogP contribution in [0.4, 0.5) is 0 Å². The maximum atomic E-state index is 5.61. The van der Waals surface area contributed by atoms with Crippen LogP contribution in [0.5, 0.6) is 0 Å². The lowest BCUT2D eigenvalue weighted by atomic mass is 10.0. The fourth-order valence-electron chi connectivity index (χ4n) is 2.14. The fraction of sp³-hybridized carbons (Fsp3) is 0.909. The van der Waals surface area contributed by atoms with Gasteiger partial charge in [0.15, 0.2) is 0 Å². The second-order valence-electron chi connectivity index (χ2n) is 4.21. The molecular weight excluding hydrogens is 208 g/mol. The monoisotopic (exact) mass is 230 g/mol. The average molecular weight is 230 g/mol. The van der Waals surface area contributed by atoms with Crippen molar-refractivity contribution in [2.24, 2.45) is 5.73 Å². The van der Waals surface area contributed by atoms with E-state index < -0.39 is 0 Å². The molecule has 1 rings (SSSR count). The molecule has 0 aromatic carbocycles. The van der Waals surface area contributed by atoms with Gasteiger partial charge in [0.25, 0.3) is 0 Å². The summed E-state index contributed by atoms with van der Waals surface area (Å²) in [6, 6.07) is 0.477. The van der Waals surface area contributed by atoms with Gasteiger partial charge in [0.05, 0.1) is 11.1 Å². The quantitative estimate of drug-likeness (QED) is 0.727. The summed E-state index contributed by atoms with van der Waals surface area (Å²) in [5.41, 5.74) is 5.56. The molecule has 1 saturated heterocycles. The standard InChI is InChI=1S/C11H22N2OS/c1-3-14-10-4-6-13(7-5-10)9(2)8-11(12)15/h9-10H,3-8H2,1-2H3,(H2,12,15). The van der Waals surface area contributed by atoms with Gasteiger partial charge in [-0.25, -0.2) is 0 Å². The van der Waals surface area contributed by atoms with Crippen LogP contribution in [0.1, 0.15) is 33.1 Å². The third-order valence-electron chi connectivity index (χ3n) is 3.00. The summed E-state index contributed by atoms with van der Waals surface area (Å²) in [4.78, 5) is 3.07. The van der Waals surface area contributed by atoms with Gasteiger partial charge >= 0.3 is 0 Å². The van der Waals surface area contributed by atoms with E-state index in [0.717, 1.165) is 39.0 Å². The van der Waals surface area contributed by atoms with Gasteiger partial charge in [0.1, 0.15) is 0 Å². The van der Waals surface area contributed by atoms with Crippen LogP contribution in [0.25, 0.3) is 0 Å². The SMILES string of the molecule is CCOC1CCN(C(C)CC(N)=S)CC1. The third-order valence-corrected chi connectivity index (χ3v) is 3.17. The molecular formula is C11H22N2OS. The number of ether oxygens (including phenoxy) is 1. The number of nitrogens with two attached hydrogens (primary N) is 1. The van der Waals surface area contributed by atoms with Crippen LogP contribution < -0.4 is 5.73 Å². The Kier molecular flexibility index (Phi) is 5.50. The maximum absolute atomic E-state index is 5.61. The highest BCUT2D eigenvalue weighted by molar-refractivity contribution is 7.80. The summed E-state index contributed by atoms with van der Waals surface area (Å²) in [6.07, 6.45) is 3.56. The molecule has 0 radical (unpaired) electrons. The zero-order chi connectivity index (χ0) is 11.3. The molecule has 1 heterocycles. The van der Waals surface area contributed by atoms with Gasteiger partial charge in [-0.1, -0.05) is 12.2 Å². The number of nitrogens with zero attached hydrogens (tertiary/aromatic N) is 1. The molecule has 1 fully saturated rings. The topological polar surface area (TPSA) is 38.5 Å². The zero-order valence-electron chi connectivity index (χ0n) is 9.74. The summed E-state index contributed by atoms with van der Waals surface area (Å²) < 4.78 is 5.61. The minimum atomic E-state index is 0.461. The second kappa shape index (κ2) is 6.40. The number of rotatable bonds is 5. The smallest absolute Gasteiger partial charge is 0.0742 e. The minimum Gasteiger partial charge on any atom is -0.393 e. The normalized spacial score (nSPS) is 21.5. The molecule has 0 amide bonds. The Labute approximate surface area is 98.0 Å². The summed E-state index contributed by atoms with van der Waals surface area (Å²) in [5, 5.41) is 0. The first-order valence-corrected chi connectivity index (χ1v) is 6.18. The summed E-state index contributed by atoms with van der Waals surface area (Å²) in [7, 11) is 0. The number of piperidine rings is 1. The molecule has 1 aliphatic rings. The molecule has 1 unspecified atom stereocenters. The number of thiocarbonyl (C=S) groups is 1. The molecule has 2 N–H and O–H groups in total. The predicted octanol–water partition coefficient (Wildman–Crippen LogP) is 1.55. The molecule has 4 heteroatoms. The molecule has 1 atom stereocenters. The minimum absolute atomic E-state index is 0.461. The van der Waals surface area contributed by atoms with E-state index in [4.69, 9.17) is 22.7 Å². The molecule has 0 bridgehead atoms. The molecule has 15 heavy (non-hydrogen) atoms. The van der Waals surface area contributed by atoms with E-state index in [1.54, 1.807) is 0 Å². The Morgan fingerprint density at radius 1 is 1.53 bits per heavy atom. The Balaban J connectivity index is 2.27. The van der Waals surface area contributed by atoms with Crippen LogP contribution in [-0.4, -0.2) is 41.7 Å². The Bertz CT molecular complexity index is 203. The van der Waals surface area contributed by atoms with Crippen LogP contribution in [0, 0.1) is 0 Å². The molecule has 0 saturated carbocycles. The van der Waals surface area contributed by atoms with E-state index in [1.165, 1.54) is 0 Å². The van der Waals surface area contributed by atoms with Crippen molar-refractivity contribution in [2.75, 3.05) is 19.7 Å². The van der Waals surface area contributed by atoms with E-state index in [9.17, 15) is 0 Å². The third kappa shape index (κ3) is 4.45. The largest absolute Gasteiger partial charge is 0.393 e. The predicted molar refractivity (Wildman–Crippen MR) is 67.1 cm³/mol. The van der Waals surface area contributed by atoms with Crippen molar-refractivity contribution in [2.45, 2.75) is 45.3 Å². The number of likely N-dealkylation sites (tertiary alicyclic amines) is 1. The molecule has 3 nitrogen and oxygen atoms in total. The van der Waals surface area contributed by atoms with E-state index >= 15 is 0 Å². The molecule has 88 valence electrons. The first-order valence-electron chi connectivity index (χ1n) is 5.77. The van der Waals surface area contributed by atoms with Gasteiger partial charge in [-0.3, -0.25) is 0 Å². The first-order chi connectivity index (χ1) is 7.13. The summed E-state index contributed by atoms with van der Waals surface area (Å²) in [5.74, 6) is 0. The first kappa shape index (κ1) is 12.9. The maximum Gasteiger partial charge on any atom is 0.0742 e.